The molecule has 0 bridgehead atoms. The lowest BCUT2D eigenvalue weighted by molar-refractivity contribution is -0.140. The standard InChI is InChI=1S/C36H45FN8O5S/c1-24(38-5)32(46)41-31(36(2,3)4)34(48)45-21-27(42-51(49,50)29-10-7-6-8-11-29)20-28(45)22-43(19-16-25-12-14-26(37)15-13-25)33(47)30-23-44-18-9-17-39-35(44)40-30/h6-15,17-18,23-24,27-28,31,38,42H,16,19-22H2,1-5H3,(H,41,46). The Hall–Kier alpha value is -4.73. The number of rotatable bonds is 13. The minimum absolute atomic E-state index is 0.0118. The number of benzene rings is 2. The van der Waals surface area contributed by atoms with Crippen LogP contribution in [0.1, 0.15) is 50.2 Å². The molecule has 51 heavy (non-hydrogen) atoms. The van der Waals surface area contributed by atoms with Crippen molar-refractivity contribution in [3.8, 4) is 0 Å². The van der Waals surface area contributed by atoms with E-state index in [2.05, 4.69) is 25.3 Å². The largest absolute Gasteiger partial charge is 0.342 e. The van der Waals surface area contributed by atoms with E-state index < -0.39 is 51.4 Å². The maximum atomic E-state index is 14.5. The number of carbonyl (C=O) groups is 3. The Morgan fingerprint density at radius 1 is 1.06 bits per heavy atom. The van der Waals surface area contributed by atoms with Crippen molar-refractivity contribution in [2.45, 2.75) is 69.6 Å². The van der Waals surface area contributed by atoms with Gasteiger partial charge in [0.1, 0.15) is 17.6 Å². The van der Waals surface area contributed by atoms with Gasteiger partial charge < -0.3 is 20.4 Å². The molecule has 1 aliphatic rings. The number of likely N-dealkylation sites (N-methyl/N-ethyl adjacent to an activating group) is 1. The van der Waals surface area contributed by atoms with Crippen LogP contribution in [-0.2, 0) is 26.0 Å². The Balaban J connectivity index is 1.48. The highest BCUT2D eigenvalue weighted by atomic mass is 32.2. The number of imidazole rings is 1. The molecule has 15 heteroatoms. The molecule has 4 atom stereocenters. The van der Waals surface area contributed by atoms with Crippen LogP contribution in [0.4, 0.5) is 4.39 Å². The van der Waals surface area contributed by atoms with E-state index >= 15 is 0 Å². The molecule has 4 unspecified atom stereocenters. The predicted molar refractivity (Wildman–Crippen MR) is 190 cm³/mol. The van der Waals surface area contributed by atoms with Crippen LogP contribution >= 0.6 is 0 Å². The molecule has 0 spiro atoms. The second-order valence-electron chi connectivity index (χ2n) is 13.9. The fraction of sp³-hybridized carbons (Fsp3) is 0.417. The molecule has 4 aromatic rings. The third kappa shape index (κ3) is 9.15. The van der Waals surface area contributed by atoms with Gasteiger partial charge in [-0.2, -0.15) is 0 Å². The molecule has 1 fully saturated rings. The van der Waals surface area contributed by atoms with Crippen LogP contribution < -0.4 is 15.4 Å². The molecule has 3 amide bonds. The van der Waals surface area contributed by atoms with Crippen molar-refractivity contribution in [1.29, 1.82) is 0 Å². The Bertz CT molecular complexity index is 1920. The molecule has 0 radical (unpaired) electrons. The Morgan fingerprint density at radius 2 is 1.76 bits per heavy atom. The fourth-order valence-electron chi connectivity index (χ4n) is 6.09. The average molecular weight is 721 g/mol. The molecule has 2 aromatic heterocycles. The van der Waals surface area contributed by atoms with Gasteiger partial charge in [0.25, 0.3) is 5.91 Å². The zero-order valence-electron chi connectivity index (χ0n) is 29.4. The van der Waals surface area contributed by atoms with Crippen LogP contribution in [0.5, 0.6) is 0 Å². The van der Waals surface area contributed by atoms with Gasteiger partial charge in [0, 0.05) is 44.3 Å². The first-order chi connectivity index (χ1) is 24.2. The third-order valence-corrected chi connectivity index (χ3v) is 10.6. The van der Waals surface area contributed by atoms with E-state index in [0.717, 1.165) is 5.56 Å². The van der Waals surface area contributed by atoms with Crippen molar-refractivity contribution in [3.05, 3.63) is 96.3 Å². The Labute approximate surface area is 297 Å². The number of hydrogen-bond donors (Lipinski definition) is 3. The SMILES string of the molecule is CNC(C)C(=O)NC(C(=O)N1CC(NS(=O)(=O)c2ccccc2)CC1CN(CCc1ccc(F)cc1)C(=O)c1cn2cccnc2n1)C(C)(C)C. The van der Waals surface area contributed by atoms with E-state index in [-0.39, 0.29) is 48.4 Å². The van der Waals surface area contributed by atoms with Crippen LogP contribution in [0.15, 0.2) is 84.1 Å². The van der Waals surface area contributed by atoms with Crippen LogP contribution in [-0.4, -0.2) is 101 Å². The van der Waals surface area contributed by atoms with Gasteiger partial charge in [-0.15, -0.1) is 0 Å². The summed E-state index contributed by atoms with van der Waals surface area (Å²) in [5.74, 6) is -1.20. The summed E-state index contributed by atoms with van der Waals surface area (Å²) in [5.41, 5.74) is 0.229. The molecule has 13 nitrogen and oxygen atoms in total. The van der Waals surface area contributed by atoms with Crippen molar-refractivity contribution in [2.24, 2.45) is 5.41 Å². The number of nitrogens with one attached hydrogen (secondary N) is 3. The van der Waals surface area contributed by atoms with Crippen molar-refractivity contribution < 1.29 is 27.2 Å². The highest BCUT2D eigenvalue weighted by Gasteiger charge is 2.44. The lowest BCUT2D eigenvalue weighted by atomic mass is 9.85. The van der Waals surface area contributed by atoms with Crippen LogP contribution in [0.2, 0.25) is 0 Å². The summed E-state index contributed by atoms with van der Waals surface area (Å²) in [6.07, 6.45) is 5.46. The summed E-state index contributed by atoms with van der Waals surface area (Å²) in [6, 6.07) is 12.8. The normalized spacial score (nSPS) is 17.6. The highest BCUT2D eigenvalue weighted by Crippen LogP contribution is 2.28. The highest BCUT2D eigenvalue weighted by molar-refractivity contribution is 7.89. The van der Waals surface area contributed by atoms with E-state index in [4.69, 9.17) is 0 Å². The van der Waals surface area contributed by atoms with Crippen LogP contribution in [0.3, 0.4) is 0 Å². The number of sulfonamides is 1. The van der Waals surface area contributed by atoms with Gasteiger partial charge >= 0.3 is 0 Å². The summed E-state index contributed by atoms with van der Waals surface area (Å²) in [5, 5.41) is 5.79. The summed E-state index contributed by atoms with van der Waals surface area (Å²) < 4.78 is 44.9. The number of hydrogen-bond acceptors (Lipinski definition) is 8. The summed E-state index contributed by atoms with van der Waals surface area (Å²) >= 11 is 0. The summed E-state index contributed by atoms with van der Waals surface area (Å²) in [7, 11) is -2.30. The number of nitrogens with zero attached hydrogens (tertiary/aromatic N) is 5. The van der Waals surface area contributed by atoms with E-state index in [1.165, 1.54) is 24.3 Å². The van der Waals surface area contributed by atoms with Crippen molar-refractivity contribution >= 4 is 33.5 Å². The molecular formula is C36H45FN8O5S. The first kappa shape index (κ1) is 37.5. The maximum Gasteiger partial charge on any atom is 0.274 e. The molecule has 2 aromatic carbocycles. The van der Waals surface area contributed by atoms with Crippen molar-refractivity contribution in [2.75, 3.05) is 26.7 Å². The smallest absolute Gasteiger partial charge is 0.274 e. The fourth-order valence-corrected chi connectivity index (χ4v) is 7.35. The van der Waals surface area contributed by atoms with Crippen LogP contribution in [0.25, 0.3) is 5.78 Å². The number of aromatic nitrogens is 3. The first-order valence-electron chi connectivity index (χ1n) is 16.8. The Kier molecular flexibility index (Phi) is 11.5. The van der Waals surface area contributed by atoms with Gasteiger partial charge in [-0.25, -0.2) is 27.5 Å². The van der Waals surface area contributed by atoms with Gasteiger partial charge in [-0.05, 0) is 68.1 Å². The molecule has 3 N–H and O–H groups in total. The lowest BCUT2D eigenvalue weighted by Crippen LogP contribution is -2.59. The molecule has 3 heterocycles. The number of likely N-dealkylation sites (tertiary alicyclic amines) is 1. The van der Waals surface area contributed by atoms with Crippen molar-refractivity contribution in [3.63, 3.8) is 0 Å². The van der Waals surface area contributed by atoms with Gasteiger partial charge in [0.05, 0.1) is 17.0 Å². The maximum absolute atomic E-state index is 14.5. The van der Waals surface area contributed by atoms with Gasteiger partial charge in [-0.1, -0.05) is 51.1 Å². The van der Waals surface area contributed by atoms with Crippen LogP contribution in [0, 0.1) is 11.2 Å². The molecular weight excluding hydrogens is 676 g/mol. The topological polar surface area (TPSA) is 158 Å². The zero-order chi connectivity index (χ0) is 36.9. The quantitative estimate of drug-likeness (QED) is 0.190. The molecule has 5 rings (SSSR count). The molecule has 1 saturated heterocycles. The van der Waals surface area contributed by atoms with E-state index in [0.29, 0.717) is 12.2 Å². The predicted octanol–water partition coefficient (Wildman–Crippen LogP) is 2.64. The zero-order valence-corrected chi connectivity index (χ0v) is 30.2. The third-order valence-electron chi connectivity index (χ3n) is 9.06. The minimum atomic E-state index is -3.95. The molecule has 0 aliphatic carbocycles. The number of carbonyl (C=O) groups excluding carboxylic acids is 3. The first-order valence-corrected chi connectivity index (χ1v) is 18.3. The van der Waals surface area contributed by atoms with E-state index in [1.807, 2.05) is 20.8 Å². The summed E-state index contributed by atoms with van der Waals surface area (Å²) in [6.45, 7) is 7.46. The monoisotopic (exact) mass is 720 g/mol. The number of amides is 3. The average Bonchev–Trinajstić information content (AvgIpc) is 3.72. The van der Waals surface area contributed by atoms with Crippen molar-refractivity contribution in [1.82, 2.24) is 39.5 Å². The molecule has 0 saturated carbocycles. The van der Waals surface area contributed by atoms with Gasteiger partial charge in [0.15, 0.2) is 0 Å². The summed E-state index contributed by atoms with van der Waals surface area (Å²) in [4.78, 5) is 53.7. The van der Waals surface area contributed by atoms with Gasteiger partial charge in [0.2, 0.25) is 27.6 Å². The Morgan fingerprint density at radius 3 is 2.41 bits per heavy atom. The van der Waals surface area contributed by atoms with Gasteiger partial charge in [-0.3, -0.25) is 18.8 Å². The number of fused-ring (bicyclic) bond motifs is 1. The molecule has 1 aliphatic heterocycles. The van der Waals surface area contributed by atoms with E-state index in [1.54, 1.807) is 83.2 Å². The second-order valence-corrected chi connectivity index (χ2v) is 15.6. The minimum Gasteiger partial charge on any atom is -0.342 e. The number of halogens is 1. The second kappa shape index (κ2) is 15.7. The lowest BCUT2D eigenvalue weighted by Gasteiger charge is -2.37. The van der Waals surface area contributed by atoms with E-state index in [9.17, 15) is 27.2 Å². The molecule has 272 valence electrons.